The van der Waals surface area contributed by atoms with Gasteiger partial charge in [0.05, 0.1) is 17.8 Å². The predicted molar refractivity (Wildman–Crippen MR) is 85.7 cm³/mol. The van der Waals surface area contributed by atoms with Crippen LogP contribution in [0.5, 0.6) is 0 Å². The Labute approximate surface area is 146 Å². The lowest BCUT2D eigenvalue weighted by molar-refractivity contribution is 0.0751. The predicted octanol–water partition coefficient (Wildman–Crippen LogP) is 3.36. The quantitative estimate of drug-likeness (QED) is 0.652. The molecule has 136 valence electrons. The van der Waals surface area contributed by atoms with E-state index in [1.54, 1.807) is 12.1 Å². The van der Waals surface area contributed by atoms with Gasteiger partial charge in [-0.15, -0.1) is 0 Å². The fourth-order valence-electron chi connectivity index (χ4n) is 2.54. The standard InChI is InChI=1S/C18H14F4N2O2/c19-11-3-1-10(2-4-11)5-12-6-13(26-24-12)9-23-18(25)14-7-16(21)17(22)8-15(14)20/h1-4,7-8,13H,5-6,9H2,(H,23,25). The third kappa shape index (κ3) is 4.19. The van der Waals surface area contributed by atoms with Gasteiger partial charge in [-0.05, 0) is 23.8 Å². The number of nitrogens with zero attached hydrogens (tertiary/aromatic N) is 1. The fourth-order valence-corrected chi connectivity index (χ4v) is 2.54. The van der Waals surface area contributed by atoms with Gasteiger partial charge in [-0.3, -0.25) is 4.79 Å². The van der Waals surface area contributed by atoms with Crippen LogP contribution < -0.4 is 5.32 Å². The Kier molecular flexibility index (Phi) is 5.20. The first-order valence-electron chi connectivity index (χ1n) is 7.81. The molecule has 1 amide bonds. The number of benzene rings is 2. The van der Waals surface area contributed by atoms with E-state index in [0.29, 0.717) is 25.0 Å². The van der Waals surface area contributed by atoms with Gasteiger partial charge >= 0.3 is 0 Å². The van der Waals surface area contributed by atoms with Crippen molar-refractivity contribution in [3.05, 3.63) is 70.8 Å². The number of halogens is 4. The average molecular weight is 366 g/mol. The van der Waals surface area contributed by atoms with Crippen molar-refractivity contribution in [1.82, 2.24) is 5.32 Å². The Morgan fingerprint density at radius 2 is 1.77 bits per heavy atom. The molecule has 0 bridgehead atoms. The van der Waals surface area contributed by atoms with E-state index in [-0.39, 0.29) is 12.4 Å². The summed E-state index contributed by atoms with van der Waals surface area (Å²) in [5.74, 6) is -5.03. The molecule has 0 aromatic heterocycles. The minimum absolute atomic E-state index is 0.0215. The van der Waals surface area contributed by atoms with Gasteiger partial charge in [0, 0.05) is 18.9 Å². The second kappa shape index (κ2) is 7.55. The van der Waals surface area contributed by atoms with Crippen LogP contribution in [0.2, 0.25) is 0 Å². The Balaban J connectivity index is 1.51. The molecule has 2 aromatic rings. The van der Waals surface area contributed by atoms with Gasteiger partial charge < -0.3 is 10.2 Å². The van der Waals surface area contributed by atoms with Crippen LogP contribution in [0.25, 0.3) is 0 Å². The van der Waals surface area contributed by atoms with Crippen LogP contribution in [0.3, 0.4) is 0 Å². The van der Waals surface area contributed by atoms with Crippen molar-refractivity contribution < 1.29 is 27.2 Å². The van der Waals surface area contributed by atoms with E-state index in [1.165, 1.54) is 12.1 Å². The first-order valence-corrected chi connectivity index (χ1v) is 7.81. The molecular weight excluding hydrogens is 352 g/mol. The average Bonchev–Trinajstić information content (AvgIpc) is 3.05. The van der Waals surface area contributed by atoms with Crippen molar-refractivity contribution in [1.29, 1.82) is 0 Å². The number of nitrogens with one attached hydrogen (secondary N) is 1. The van der Waals surface area contributed by atoms with E-state index in [1.807, 2.05) is 0 Å². The zero-order valence-corrected chi connectivity index (χ0v) is 13.4. The first-order chi connectivity index (χ1) is 12.4. The zero-order valence-electron chi connectivity index (χ0n) is 13.4. The monoisotopic (exact) mass is 366 g/mol. The molecule has 0 spiro atoms. The molecule has 1 unspecified atom stereocenters. The van der Waals surface area contributed by atoms with Gasteiger partial charge in [0.15, 0.2) is 11.6 Å². The van der Waals surface area contributed by atoms with Crippen LogP contribution in [0.4, 0.5) is 17.6 Å². The van der Waals surface area contributed by atoms with Crippen LogP contribution in [0.1, 0.15) is 22.3 Å². The Bertz CT molecular complexity index is 853. The van der Waals surface area contributed by atoms with Crippen molar-refractivity contribution in [3.63, 3.8) is 0 Å². The third-order valence-corrected chi connectivity index (χ3v) is 3.86. The normalized spacial score (nSPS) is 16.2. The molecule has 1 aliphatic rings. The summed E-state index contributed by atoms with van der Waals surface area (Å²) >= 11 is 0. The minimum Gasteiger partial charge on any atom is -0.390 e. The van der Waals surface area contributed by atoms with Gasteiger partial charge in [-0.2, -0.15) is 0 Å². The van der Waals surface area contributed by atoms with E-state index >= 15 is 0 Å². The Morgan fingerprint density at radius 3 is 2.50 bits per heavy atom. The van der Waals surface area contributed by atoms with E-state index in [0.717, 1.165) is 11.3 Å². The summed E-state index contributed by atoms with van der Waals surface area (Å²) in [4.78, 5) is 17.1. The maximum Gasteiger partial charge on any atom is 0.254 e. The molecule has 0 aliphatic carbocycles. The molecule has 3 rings (SSSR count). The molecule has 0 saturated heterocycles. The summed E-state index contributed by atoms with van der Waals surface area (Å²) in [5.41, 5.74) is 0.992. The largest absolute Gasteiger partial charge is 0.390 e. The fraction of sp³-hybridized carbons (Fsp3) is 0.222. The third-order valence-electron chi connectivity index (χ3n) is 3.86. The summed E-state index contributed by atoms with van der Waals surface area (Å²) in [5, 5.41) is 6.32. The summed E-state index contributed by atoms with van der Waals surface area (Å²) in [6, 6.07) is 6.80. The number of carbonyl (C=O) groups is 1. The van der Waals surface area contributed by atoms with Crippen LogP contribution in [-0.4, -0.2) is 24.3 Å². The molecule has 0 radical (unpaired) electrons. The molecular formula is C18H14F4N2O2. The van der Waals surface area contributed by atoms with E-state index < -0.39 is 35.0 Å². The lowest BCUT2D eigenvalue weighted by Gasteiger charge is -2.10. The van der Waals surface area contributed by atoms with Crippen LogP contribution in [-0.2, 0) is 11.3 Å². The van der Waals surface area contributed by atoms with Crippen molar-refractivity contribution in [2.75, 3.05) is 6.54 Å². The Morgan fingerprint density at radius 1 is 1.08 bits per heavy atom. The van der Waals surface area contributed by atoms with Crippen molar-refractivity contribution in [2.24, 2.45) is 5.16 Å². The summed E-state index contributed by atoms with van der Waals surface area (Å²) < 4.78 is 52.5. The van der Waals surface area contributed by atoms with Crippen molar-refractivity contribution in [2.45, 2.75) is 18.9 Å². The number of rotatable bonds is 5. The highest BCUT2D eigenvalue weighted by Gasteiger charge is 2.23. The second-order valence-electron chi connectivity index (χ2n) is 5.85. The smallest absolute Gasteiger partial charge is 0.254 e. The highest BCUT2D eigenvalue weighted by molar-refractivity contribution is 5.94. The summed E-state index contributed by atoms with van der Waals surface area (Å²) in [6.45, 7) is 0.0215. The van der Waals surface area contributed by atoms with E-state index in [4.69, 9.17) is 4.84 Å². The number of hydrogen-bond acceptors (Lipinski definition) is 3. The van der Waals surface area contributed by atoms with Crippen LogP contribution in [0, 0.1) is 23.3 Å². The molecule has 1 N–H and O–H groups in total. The number of amides is 1. The SMILES string of the molecule is O=C(NCC1CC(Cc2ccc(F)cc2)=NO1)c1cc(F)c(F)cc1F. The number of hydrogen-bond donors (Lipinski definition) is 1. The molecule has 0 saturated carbocycles. The maximum absolute atomic E-state index is 13.6. The minimum atomic E-state index is -1.36. The molecule has 8 heteroatoms. The topological polar surface area (TPSA) is 50.7 Å². The lowest BCUT2D eigenvalue weighted by atomic mass is 10.0. The lowest BCUT2D eigenvalue weighted by Crippen LogP contribution is -2.33. The van der Waals surface area contributed by atoms with Gasteiger partial charge in [0.2, 0.25) is 0 Å². The first kappa shape index (κ1) is 17.9. The van der Waals surface area contributed by atoms with Crippen molar-refractivity contribution >= 4 is 11.6 Å². The highest BCUT2D eigenvalue weighted by atomic mass is 19.2. The van der Waals surface area contributed by atoms with Gasteiger partial charge in [-0.1, -0.05) is 17.3 Å². The molecule has 0 fully saturated rings. The van der Waals surface area contributed by atoms with Gasteiger partial charge in [0.1, 0.15) is 17.7 Å². The molecule has 1 aliphatic heterocycles. The van der Waals surface area contributed by atoms with Crippen molar-refractivity contribution in [3.8, 4) is 0 Å². The molecule has 1 atom stereocenters. The highest BCUT2D eigenvalue weighted by Crippen LogP contribution is 2.16. The van der Waals surface area contributed by atoms with Crippen LogP contribution >= 0.6 is 0 Å². The summed E-state index contributed by atoms with van der Waals surface area (Å²) in [7, 11) is 0. The van der Waals surface area contributed by atoms with Gasteiger partial charge in [-0.25, -0.2) is 17.6 Å². The zero-order chi connectivity index (χ0) is 18.7. The molecule has 26 heavy (non-hydrogen) atoms. The number of oxime groups is 1. The Hall–Kier alpha value is -2.90. The van der Waals surface area contributed by atoms with Gasteiger partial charge in [0.25, 0.3) is 5.91 Å². The molecule has 4 nitrogen and oxygen atoms in total. The number of carbonyl (C=O) groups excluding carboxylic acids is 1. The van der Waals surface area contributed by atoms with E-state index in [9.17, 15) is 22.4 Å². The molecule has 1 heterocycles. The molecule has 2 aromatic carbocycles. The maximum atomic E-state index is 13.6. The summed E-state index contributed by atoms with van der Waals surface area (Å²) in [6.07, 6.45) is 0.447. The van der Waals surface area contributed by atoms with E-state index in [2.05, 4.69) is 10.5 Å². The second-order valence-corrected chi connectivity index (χ2v) is 5.85. The van der Waals surface area contributed by atoms with Crippen LogP contribution in [0.15, 0.2) is 41.6 Å².